The van der Waals surface area contributed by atoms with Gasteiger partial charge in [0.25, 0.3) is 0 Å². The van der Waals surface area contributed by atoms with Crippen LogP contribution in [0.1, 0.15) is 10.5 Å². The molecule has 0 radical (unpaired) electrons. The molecule has 0 unspecified atom stereocenters. The molecule has 15 heavy (non-hydrogen) atoms. The number of fused-ring (bicyclic) bond motifs is 1. The monoisotopic (exact) mass is 204 g/mol. The summed E-state index contributed by atoms with van der Waals surface area (Å²) in [6.07, 6.45) is 0. The maximum absolute atomic E-state index is 10.9. The number of aromatic nitrogens is 1. The van der Waals surface area contributed by atoms with Gasteiger partial charge >= 0.3 is 5.97 Å². The third-order valence-corrected chi connectivity index (χ3v) is 2.55. The molecule has 0 spiro atoms. The van der Waals surface area contributed by atoms with Gasteiger partial charge < -0.3 is 15.0 Å². The van der Waals surface area contributed by atoms with Gasteiger partial charge in [0, 0.05) is 30.7 Å². The van der Waals surface area contributed by atoms with Gasteiger partial charge in [-0.15, -0.1) is 0 Å². The summed E-state index contributed by atoms with van der Waals surface area (Å²) >= 11 is 0. The fourth-order valence-electron chi connectivity index (χ4n) is 1.71. The molecule has 1 aromatic heterocycles. The van der Waals surface area contributed by atoms with E-state index in [9.17, 15) is 4.79 Å². The Kier molecular flexibility index (Phi) is 2.11. The van der Waals surface area contributed by atoms with Gasteiger partial charge in [-0.1, -0.05) is 0 Å². The third kappa shape index (κ3) is 1.44. The Balaban J connectivity index is 2.70. The summed E-state index contributed by atoms with van der Waals surface area (Å²) in [4.78, 5) is 10.9. The summed E-state index contributed by atoms with van der Waals surface area (Å²) in [6, 6.07) is 7.45. The predicted octanol–water partition coefficient (Wildman–Crippen LogP) is 1.92. The quantitative estimate of drug-likeness (QED) is 0.785. The number of hydrogen-bond acceptors (Lipinski definition) is 2. The molecule has 0 amide bonds. The number of hydrogen-bond donors (Lipinski definition) is 2. The fourth-order valence-corrected chi connectivity index (χ4v) is 1.71. The molecule has 2 aromatic rings. The highest BCUT2D eigenvalue weighted by atomic mass is 16.4. The van der Waals surface area contributed by atoms with Crippen LogP contribution >= 0.6 is 0 Å². The fraction of sp³-hybridized carbons (Fsp3) is 0.182. The van der Waals surface area contributed by atoms with Crippen molar-refractivity contribution in [2.45, 2.75) is 0 Å². The van der Waals surface area contributed by atoms with E-state index in [0.717, 1.165) is 16.6 Å². The SMILES string of the molecule is CNc1ccc2c(c1)cc(C(=O)O)n2C. The third-order valence-electron chi connectivity index (χ3n) is 2.55. The van der Waals surface area contributed by atoms with Crippen molar-refractivity contribution in [3.05, 3.63) is 30.0 Å². The van der Waals surface area contributed by atoms with Crippen LogP contribution < -0.4 is 5.32 Å². The highest BCUT2D eigenvalue weighted by molar-refractivity contribution is 5.95. The lowest BCUT2D eigenvalue weighted by atomic mass is 10.2. The van der Waals surface area contributed by atoms with E-state index in [-0.39, 0.29) is 0 Å². The summed E-state index contributed by atoms with van der Waals surface area (Å²) in [7, 11) is 3.59. The lowest BCUT2D eigenvalue weighted by molar-refractivity contribution is 0.0687. The Labute approximate surface area is 87.1 Å². The zero-order valence-corrected chi connectivity index (χ0v) is 8.61. The van der Waals surface area contributed by atoms with E-state index in [1.807, 2.05) is 25.2 Å². The van der Waals surface area contributed by atoms with E-state index in [2.05, 4.69) is 5.32 Å². The van der Waals surface area contributed by atoms with E-state index in [1.54, 1.807) is 17.7 Å². The van der Waals surface area contributed by atoms with Crippen molar-refractivity contribution >= 4 is 22.6 Å². The van der Waals surface area contributed by atoms with Gasteiger partial charge in [-0.3, -0.25) is 0 Å². The Morgan fingerprint density at radius 3 is 2.73 bits per heavy atom. The summed E-state index contributed by atoms with van der Waals surface area (Å²) in [6.45, 7) is 0. The number of aryl methyl sites for hydroxylation is 1. The lowest BCUT2D eigenvalue weighted by Crippen LogP contribution is -2.03. The minimum atomic E-state index is -0.903. The molecule has 2 rings (SSSR count). The zero-order valence-electron chi connectivity index (χ0n) is 8.61. The maximum atomic E-state index is 10.9. The van der Waals surface area contributed by atoms with Crippen molar-refractivity contribution in [2.75, 3.05) is 12.4 Å². The van der Waals surface area contributed by atoms with E-state index in [0.29, 0.717) is 5.69 Å². The zero-order chi connectivity index (χ0) is 11.0. The van der Waals surface area contributed by atoms with Crippen molar-refractivity contribution in [1.82, 2.24) is 4.57 Å². The Bertz CT molecular complexity index is 529. The number of anilines is 1. The molecule has 0 saturated heterocycles. The highest BCUT2D eigenvalue weighted by Crippen LogP contribution is 2.22. The molecule has 0 saturated carbocycles. The van der Waals surface area contributed by atoms with Gasteiger partial charge in [0.15, 0.2) is 0 Å². The van der Waals surface area contributed by atoms with Gasteiger partial charge in [-0.2, -0.15) is 0 Å². The number of carboxylic acid groups (broad SMARTS) is 1. The summed E-state index contributed by atoms with van der Waals surface area (Å²) in [5.74, 6) is -0.903. The van der Waals surface area contributed by atoms with Gasteiger partial charge in [0.1, 0.15) is 5.69 Å². The molecule has 78 valence electrons. The molecule has 0 aliphatic carbocycles. The van der Waals surface area contributed by atoms with Crippen LogP contribution in [0.4, 0.5) is 5.69 Å². The van der Waals surface area contributed by atoms with Crippen LogP contribution in [0, 0.1) is 0 Å². The van der Waals surface area contributed by atoms with Crippen molar-refractivity contribution in [3.8, 4) is 0 Å². The second-order valence-corrected chi connectivity index (χ2v) is 3.42. The number of carbonyl (C=O) groups is 1. The number of carboxylic acids is 1. The van der Waals surface area contributed by atoms with Crippen LogP contribution in [0.5, 0.6) is 0 Å². The molecule has 1 aromatic carbocycles. The van der Waals surface area contributed by atoms with E-state index >= 15 is 0 Å². The Hall–Kier alpha value is -1.97. The first-order chi connectivity index (χ1) is 7.13. The number of nitrogens with zero attached hydrogens (tertiary/aromatic N) is 1. The molecule has 0 aliphatic heterocycles. The predicted molar refractivity (Wildman–Crippen MR) is 59.4 cm³/mol. The second kappa shape index (κ2) is 3.31. The smallest absolute Gasteiger partial charge is 0.352 e. The number of aromatic carboxylic acids is 1. The van der Waals surface area contributed by atoms with Crippen LogP contribution in [0.25, 0.3) is 10.9 Å². The van der Waals surface area contributed by atoms with E-state index in [1.165, 1.54) is 0 Å². The molecule has 0 atom stereocenters. The topological polar surface area (TPSA) is 54.3 Å². The average Bonchev–Trinajstić information content (AvgIpc) is 2.55. The molecular weight excluding hydrogens is 192 g/mol. The molecule has 0 bridgehead atoms. The van der Waals surface area contributed by atoms with Gasteiger partial charge in [-0.05, 0) is 24.3 Å². The molecule has 2 N–H and O–H groups in total. The summed E-state index contributed by atoms with van der Waals surface area (Å²) < 4.78 is 1.68. The molecule has 0 fully saturated rings. The van der Waals surface area contributed by atoms with E-state index < -0.39 is 5.97 Å². The lowest BCUT2D eigenvalue weighted by Gasteiger charge is -2.01. The van der Waals surface area contributed by atoms with Crippen LogP contribution in [0.15, 0.2) is 24.3 Å². The normalized spacial score (nSPS) is 10.5. The van der Waals surface area contributed by atoms with Crippen molar-refractivity contribution in [3.63, 3.8) is 0 Å². The van der Waals surface area contributed by atoms with Crippen molar-refractivity contribution in [2.24, 2.45) is 7.05 Å². The van der Waals surface area contributed by atoms with Crippen LogP contribution in [0.2, 0.25) is 0 Å². The number of benzene rings is 1. The molecule has 0 aliphatic rings. The Morgan fingerprint density at radius 2 is 2.13 bits per heavy atom. The van der Waals surface area contributed by atoms with Crippen LogP contribution in [-0.4, -0.2) is 22.7 Å². The molecule has 4 nitrogen and oxygen atoms in total. The minimum absolute atomic E-state index is 0.304. The minimum Gasteiger partial charge on any atom is -0.477 e. The number of nitrogens with one attached hydrogen (secondary N) is 1. The maximum Gasteiger partial charge on any atom is 0.352 e. The van der Waals surface area contributed by atoms with Crippen molar-refractivity contribution in [1.29, 1.82) is 0 Å². The largest absolute Gasteiger partial charge is 0.477 e. The van der Waals surface area contributed by atoms with Gasteiger partial charge in [0.05, 0.1) is 0 Å². The van der Waals surface area contributed by atoms with Crippen LogP contribution in [-0.2, 0) is 7.05 Å². The number of rotatable bonds is 2. The summed E-state index contributed by atoms with van der Waals surface area (Å²) in [5, 5.41) is 12.9. The average molecular weight is 204 g/mol. The first-order valence-corrected chi connectivity index (χ1v) is 4.64. The molecular formula is C11H12N2O2. The summed E-state index contributed by atoms with van der Waals surface area (Å²) in [5.41, 5.74) is 2.20. The standard InChI is InChI=1S/C11H12N2O2/c1-12-8-3-4-9-7(5-8)6-10(11(14)15)13(9)2/h3-6,12H,1-2H3,(H,14,15). The molecule has 1 heterocycles. The molecule has 4 heteroatoms. The Morgan fingerprint density at radius 1 is 1.40 bits per heavy atom. The highest BCUT2D eigenvalue weighted by Gasteiger charge is 2.11. The second-order valence-electron chi connectivity index (χ2n) is 3.42. The van der Waals surface area contributed by atoms with Crippen molar-refractivity contribution < 1.29 is 9.90 Å². The first kappa shape index (κ1) is 9.58. The first-order valence-electron chi connectivity index (χ1n) is 4.64. The van der Waals surface area contributed by atoms with E-state index in [4.69, 9.17) is 5.11 Å². The van der Waals surface area contributed by atoms with Gasteiger partial charge in [-0.25, -0.2) is 4.79 Å². The van der Waals surface area contributed by atoms with Gasteiger partial charge in [0.2, 0.25) is 0 Å². The van der Waals surface area contributed by atoms with Crippen LogP contribution in [0.3, 0.4) is 0 Å².